The van der Waals surface area contributed by atoms with E-state index in [1.165, 1.54) is 23.1 Å². The van der Waals surface area contributed by atoms with Crippen molar-refractivity contribution in [2.24, 2.45) is 0 Å². The number of rotatable bonds is 9. The van der Waals surface area contributed by atoms with Gasteiger partial charge in [-0.05, 0) is 43.7 Å². The second kappa shape index (κ2) is 11.4. The van der Waals surface area contributed by atoms with E-state index in [9.17, 15) is 9.59 Å². The molecule has 2 heterocycles. The number of benzene rings is 1. The van der Waals surface area contributed by atoms with Gasteiger partial charge in [0.15, 0.2) is 12.4 Å². The maximum absolute atomic E-state index is 13.5. The second-order valence-corrected chi connectivity index (χ2v) is 10.2. The predicted molar refractivity (Wildman–Crippen MR) is 129 cm³/mol. The molecule has 0 amide bonds. The van der Waals surface area contributed by atoms with Gasteiger partial charge in [-0.1, -0.05) is 15.9 Å². The number of nitriles is 1. The lowest BCUT2D eigenvalue weighted by atomic mass is 10.0. The minimum atomic E-state index is -0.377. The summed E-state index contributed by atoms with van der Waals surface area (Å²) in [5, 5.41) is 8.97. The Morgan fingerprint density at radius 2 is 1.88 bits per heavy atom. The number of carbonyl (C=O) groups is 2. The molecular formula is C24H22BrN2O3S2+. The van der Waals surface area contributed by atoms with Crippen LogP contribution in [-0.4, -0.2) is 24.1 Å². The van der Waals surface area contributed by atoms with Gasteiger partial charge in [-0.3, -0.25) is 9.59 Å². The van der Waals surface area contributed by atoms with Gasteiger partial charge in [0.1, 0.15) is 4.21 Å². The molecule has 32 heavy (non-hydrogen) atoms. The summed E-state index contributed by atoms with van der Waals surface area (Å²) in [6, 6.07) is 13.3. The standard InChI is InChI=1S/C24H22BrN2O3S2/c1-3-30-20(28)15-19-21(27-12-9-16(2)10-13-27)24(31-14-4-11-26)32-23(19)22(29)17-5-7-18(25)8-6-17/h5-10,12-13H,3-4,14-15H2,1-2H3/q+1. The number of hydrogen-bond donors (Lipinski definition) is 0. The van der Waals surface area contributed by atoms with Crippen LogP contribution >= 0.6 is 39.0 Å². The Balaban J connectivity index is 2.17. The summed E-state index contributed by atoms with van der Waals surface area (Å²) in [6.07, 6.45) is 4.24. The Bertz CT molecular complexity index is 1150. The number of thiophene rings is 1. The fraction of sp³-hybridized carbons (Fsp3) is 0.250. The molecule has 8 heteroatoms. The Labute approximate surface area is 204 Å². The van der Waals surface area contributed by atoms with Crippen molar-refractivity contribution in [3.8, 4) is 11.8 Å². The molecule has 0 saturated carbocycles. The molecule has 5 nitrogen and oxygen atoms in total. The summed E-state index contributed by atoms with van der Waals surface area (Å²) in [6.45, 7) is 4.04. The molecule has 0 atom stereocenters. The number of thioether (sulfide) groups is 1. The Morgan fingerprint density at radius 1 is 1.19 bits per heavy atom. The zero-order chi connectivity index (χ0) is 23.1. The topological polar surface area (TPSA) is 71.0 Å². The first-order valence-electron chi connectivity index (χ1n) is 10.0. The Hall–Kier alpha value is -2.47. The number of carbonyl (C=O) groups excluding carboxylic acids is 2. The summed E-state index contributed by atoms with van der Waals surface area (Å²) < 4.78 is 8.93. The molecule has 0 radical (unpaired) electrons. The van der Waals surface area contributed by atoms with E-state index in [1.807, 2.05) is 48.1 Å². The van der Waals surface area contributed by atoms with E-state index in [-0.39, 0.29) is 24.8 Å². The number of ether oxygens (including phenoxy) is 1. The van der Waals surface area contributed by atoms with Crippen molar-refractivity contribution in [3.05, 3.63) is 74.8 Å². The quantitative estimate of drug-likeness (QED) is 0.121. The molecule has 0 aliphatic heterocycles. The van der Waals surface area contributed by atoms with Gasteiger partial charge in [0.05, 0.1) is 29.5 Å². The third kappa shape index (κ3) is 5.85. The van der Waals surface area contributed by atoms with Crippen LogP contribution in [-0.2, 0) is 16.0 Å². The van der Waals surface area contributed by atoms with E-state index >= 15 is 0 Å². The Morgan fingerprint density at radius 3 is 2.50 bits per heavy atom. The van der Waals surface area contributed by atoms with E-state index in [4.69, 9.17) is 10.00 Å². The lowest BCUT2D eigenvalue weighted by molar-refractivity contribution is -0.598. The lowest BCUT2D eigenvalue weighted by Gasteiger charge is -2.06. The first-order chi connectivity index (χ1) is 15.4. The highest BCUT2D eigenvalue weighted by molar-refractivity contribution is 9.10. The molecule has 164 valence electrons. The first-order valence-corrected chi connectivity index (χ1v) is 12.6. The first kappa shape index (κ1) is 24.2. The monoisotopic (exact) mass is 529 g/mol. The number of nitrogens with zero attached hydrogens (tertiary/aromatic N) is 2. The maximum atomic E-state index is 13.5. The average Bonchev–Trinajstić information content (AvgIpc) is 3.12. The molecule has 0 unspecified atom stereocenters. The zero-order valence-corrected chi connectivity index (χ0v) is 21.0. The van der Waals surface area contributed by atoms with Gasteiger partial charge in [0.25, 0.3) is 0 Å². The molecule has 0 N–H and O–H groups in total. The van der Waals surface area contributed by atoms with Crippen molar-refractivity contribution in [2.75, 3.05) is 12.4 Å². The van der Waals surface area contributed by atoms with E-state index in [2.05, 4.69) is 22.0 Å². The van der Waals surface area contributed by atoms with Crippen LogP contribution in [0.1, 0.15) is 39.7 Å². The van der Waals surface area contributed by atoms with Gasteiger partial charge in [0, 0.05) is 34.3 Å². The third-order valence-electron chi connectivity index (χ3n) is 4.59. The SMILES string of the molecule is CCOC(=O)Cc1c(C(=O)c2ccc(Br)cc2)sc(SCCC#N)c1-[n+]1ccc(C)cc1. The molecule has 3 rings (SSSR count). The van der Waals surface area contributed by atoms with Gasteiger partial charge in [-0.2, -0.15) is 9.83 Å². The van der Waals surface area contributed by atoms with Crippen LogP contribution in [0.2, 0.25) is 0 Å². The smallest absolute Gasteiger partial charge is 0.310 e. The predicted octanol–water partition coefficient (Wildman–Crippen LogP) is 5.44. The Kier molecular flexibility index (Phi) is 8.62. The molecule has 0 saturated heterocycles. The number of aryl methyl sites for hydroxylation is 1. The van der Waals surface area contributed by atoms with Gasteiger partial charge in [0.2, 0.25) is 11.5 Å². The van der Waals surface area contributed by atoms with Crippen molar-refractivity contribution >= 4 is 50.8 Å². The minimum absolute atomic E-state index is 0.00301. The van der Waals surface area contributed by atoms with Crippen molar-refractivity contribution in [2.45, 2.75) is 30.9 Å². The summed E-state index contributed by atoms with van der Waals surface area (Å²) in [5.41, 5.74) is 3.10. The van der Waals surface area contributed by atoms with Gasteiger partial charge in [-0.15, -0.1) is 23.1 Å². The molecule has 0 aliphatic carbocycles. The van der Waals surface area contributed by atoms with Crippen LogP contribution in [0.4, 0.5) is 0 Å². The molecule has 0 fully saturated rings. The number of halogens is 1. The fourth-order valence-corrected chi connectivity index (χ4v) is 5.83. The van der Waals surface area contributed by atoms with E-state index in [0.717, 1.165) is 19.9 Å². The highest BCUT2D eigenvalue weighted by atomic mass is 79.9. The van der Waals surface area contributed by atoms with Gasteiger partial charge >= 0.3 is 5.97 Å². The fourth-order valence-electron chi connectivity index (χ4n) is 3.07. The number of aromatic nitrogens is 1. The number of esters is 1. The molecule has 2 aromatic heterocycles. The van der Waals surface area contributed by atoms with E-state index in [0.29, 0.717) is 28.2 Å². The van der Waals surface area contributed by atoms with Crippen LogP contribution in [0.3, 0.4) is 0 Å². The molecule has 1 aromatic carbocycles. The molecule has 0 aliphatic rings. The van der Waals surface area contributed by atoms with Crippen LogP contribution in [0, 0.1) is 18.3 Å². The molecule has 0 bridgehead atoms. The van der Waals surface area contributed by atoms with Crippen LogP contribution in [0.15, 0.2) is 57.5 Å². The van der Waals surface area contributed by atoms with E-state index < -0.39 is 0 Å². The summed E-state index contributed by atoms with van der Waals surface area (Å²) in [7, 11) is 0. The maximum Gasteiger partial charge on any atom is 0.310 e. The summed E-state index contributed by atoms with van der Waals surface area (Å²) >= 11 is 6.29. The number of ketones is 1. The van der Waals surface area contributed by atoms with Crippen LogP contribution in [0.25, 0.3) is 5.69 Å². The van der Waals surface area contributed by atoms with Gasteiger partial charge < -0.3 is 4.74 Å². The lowest BCUT2D eigenvalue weighted by Crippen LogP contribution is -2.31. The summed E-state index contributed by atoms with van der Waals surface area (Å²) in [5.74, 6) is 0.0851. The highest BCUT2D eigenvalue weighted by Crippen LogP contribution is 2.38. The third-order valence-corrected chi connectivity index (χ3v) is 7.60. The highest BCUT2D eigenvalue weighted by Gasteiger charge is 2.31. The van der Waals surface area contributed by atoms with Crippen LogP contribution < -0.4 is 4.57 Å². The summed E-state index contributed by atoms with van der Waals surface area (Å²) in [4.78, 5) is 26.5. The normalized spacial score (nSPS) is 10.6. The van der Waals surface area contributed by atoms with Gasteiger partial charge in [-0.25, -0.2) is 0 Å². The van der Waals surface area contributed by atoms with Crippen molar-refractivity contribution < 1.29 is 18.9 Å². The zero-order valence-electron chi connectivity index (χ0n) is 17.8. The molecule has 0 spiro atoms. The van der Waals surface area contributed by atoms with Crippen molar-refractivity contribution in [3.63, 3.8) is 0 Å². The second-order valence-electron chi connectivity index (χ2n) is 6.90. The van der Waals surface area contributed by atoms with Crippen molar-refractivity contribution in [1.82, 2.24) is 0 Å². The number of pyridine rings is 1. The average molecular weight is 530 g/mol. The largest absolute Gasteiger partial charge is 0.466 e. The molecular weight excluding hydrogens is 508 g/mol. The van der Waals surface area contributed by atoms with Crippen molar-refractivity contribution in [1.29, 1.82) is 5.26 Å². The minimum Gasteiger partial charge on any atom is -0.466 e. The number of hydrogen-bond acceptors (Lipinski definition) is 6. The van der Waals surface area contributed by atoms with Crippen LogP contribution in [0.5, 0.6) is 0 Å². The van der Waals surface area contributed by atoms with E-state index in [1.54, 1.807) is 19.1 Å². The molecule has 3 aromatic rings.